The topological polar surface area (TPSA) is 69.0 Å². The molecule has 0 fully saturated rings. The maximum Gasteiger partial charge on any atom is 0.252 e. The molecule has 4 aromatic rings. The van der Waals surface area contributed by atoms with Gasteiger partial charge in [0.1, 0.15) is 18.4 Å². The minimum Gasteiger partial charge on any atom is -0.494 e. The first-order chi connectivity index (χ1) is 14.7. The van der Waals surface area contributed by atoms with Crippen LogP contribution in [-0.2, 0) is 0 Å². The van der Waals surface area contributed by atoms with Gasteiger partial charge in [-0.2, -0.15) is 5.10 Å². The summed E-state index contributed by atoms with van der Waals surface area (Å²) < 4.78 is 7.17. The number of aromatic nitrogens is 3. The maximum absolute atomic E-state index is 13.1. The predicted molar refractivity (Wildman–Crippen MR) is 115 cm³/mol. The number of carbonyl (C=O) groups excluding carboxylic acids is 1. The summed E-state index contributed by atoms with van der Waals surface area (Å²) in [7, 11) is 0. The highest BCUT2D eigenvalue weighted by Crippen LogP contribution is 2.25. The van der Waals surface area contributed by atoms with Crippen molar-refractivity contribution in [1.82, 2.24) is 20.1 Å². The minimum absolute atomic E-state index is 0.167. The average Bonchev–Trinajstić information content (AvgIpc) is 3.34. The third kappa shape index (κ3) is 4.38. The Labute approximate surface area is 175 Å². The summed E-state index contributed by atoms with van der Waals surface area (Å²) in [5.74, 6) is 0.639. The zero-order valence-corrected chi connectivity index (χ0v) is 16.6. The molecule has 0 spiro atoms. The first-order valence-electron chi connectivity index (χ1n) is 9.78. The number of rotatable bonds is 7. The Balaban J connectivity index is 1.62. The van der Waals surface area contributed by atoms with Crippen molar-refractivity contribution in [2.24, 2.45) is 0 Å². The Morgan fingerprint density at radius 1 is 1.00 bits per heavy atom. The molecule has 0 saturated carbocycles. The molecule has 1 unspecified atom stereocenters. The highest BCUT2D eigenvalue weighted by molar-refractivity contribution is 5.95. The smallest absolute Gasteiger partial charge is 0.252 e. The summed E-state index contributed by atoms with van der Waals surface area (Å²) in [6.45, 7) is 2.56. The van der Waals surface area contributed by atoms with E-state index in [1.807, 2.05) is 73.7 Å². The standard InChI is InChI=1S/C24H22N4O2/c1-2-30-22-13-11-19(12-14-22)23(18-7-4-3-5-8-18)27-24(29)20-9-6-10-21(15-20)28-17-25-16-26-28/h3-17,23H,2H2,1H3,(H,27,29). The number of carbonyl (C=O) groups is 1. The van der Waals surface area contributed by atoms with E-state index in [2.05, 4.69) is 15.4 Å². The van der Waals surface area contributed by atoms with Crippen molar-refractivity contribution < 1.29 is 9.53 Å². The van der Waals surface area contributed by atoms with Gasteiger partial charge in [-0.1, -0.05) is 48.5 Å². The van der Waals surface area contributed by atoms with Crippen LogP contribution < -0.4 is 10.1 Å². The Kier molecular flexibility index (Phi) is 5.85. The molecule has 0 radical (unpaired) electrons. The van der Waals surface area contributed by atoms with E-state index in [1.165, 1.54) is 6.33 Å². The van der Waals surface area contributed by atoms with E-state index in [1.54, 1.807) is 23.1 Å². The molecule has 0 aliphatic heterocycles. The Morgan fingerprint density at radius 2 is 1.77 bits per heavy atom. The van der Waals surface area contributed by atoms with Crippen molar-refractivity contribution in [1.29, 1.82) is 0 Å². The molecule has 4 rings (SSSR count). The number of ether oxygens (including phenoxy) is 1. The van der Waals surface area contributed by atoms with Gasteiger partial charge in [0.2, 0.25) is 0 Å². The number of hydrogen-bond acceptors (Lipinski definition) is 4. The van der Waals surface area contributed by atoms with Gasteiger partial charge < -0.3 is 10.1 Å². The van der Waals surface area contributed by atoms with E-state index in [9.17, 15) is 4.79 Å². The Bertz CT molecular complexity index is 1090. The highest BCUT2D eigenvalue weighted by Gasteiger charge is 2.18. The molecule has 3 aromatic carbocycles. The summed E-state index contributed by atoms with van der Waals surface area (Å²) in [5, 5.41) is 7.29. The van der Waals surface area contributed by atoms with Gasteiger partial charge in [0.15, 0.2) is 0 Å². The van der Waals surface area contributed by atoms with E-state index in [-0.39, 0.29) is 11.9 Å². The van der Waals surface area contributed by atoms with Crippen LogP contribution in [0.15, 0.2) is 91.5 Å². The molecule has 6 heteroatoms. The largest absolute Gasteiger partial charge is 0.494 e. The van der Waals surface area contributed by atoms with Crippen LogP contribution in [0.4, 0.5) is 0 Å². The van der Waals surface area contributed by atoms with Gasteiger partial charge in [0.25, 0.3) is 5.91 Å². The maximum atomic E-state index is 13.1. The van der Waals surface area contributed by atoms with Crippen LogP contribution in [0.25, 0.3) is 5.69 Å². The molecule has 1 atom stereocenters. The quantitative estimate of drug-likeness (QED) is 0.507. The molecule has 0 aliphatic carbocycles. The van der Waals surface area contributed by atoms with Crippen LogP contribution in [0.3, 0.4) is 0 Å². The molecule has 1 amide bonds. The SMILES string of the molecule is CCOc1ccc(C(NC(=O)c2cccc(-n3cncn3)c2)c2ccccc2)cc1. The van der Waals surface area contributed by atoms with Gasteiger partial charge >= 0.3 is 0 Å². The van der Waals surface area contributed by atoms with Crippen molar-refractivity contribution in [3.63, 3.8) is 0 Å². The lowest BCUT2D eigenvalue weighted by Crippen LogP contribution is -2.29. The van der Waals surface area contributed by atoms with E-state index < -0.39 is 0 Å². The summed E-state index contributed by atoms with van der Waals surface area (Å²) in [6, 6.07) is 24.7. The normalized spacial score (nSPS) is 11.6. The van der Waals surface area contributed by atoms with Crippen molar-refractivity contribution in [2.45, 2.75) is 13.0 Å². The predicted octanol–water partition coefficient (Wildman–Crippen LogP) is 4.19. The second kappa shape index (κ2) is 9.05. The zero-order valence-electron chi connectivity index (χ0n) is 16.6. The fraction of sp³-hybridized carbons (Fsp3) is 0.125. The third-order valence-corrected chi connectivity index (χ3v) is 4.72. The van der Waals surface area contributed by atoms with E-state index >= 15 is 0 Å². The second-order valence-electron chi connectivity index (χ2n) is 6.71. The van der Waals surface area contributed by atoms with Gasteiger partial charge in [-0.25, -0.2) is 9.67 Å². The van der Waals surface area contributed by atoms with E-state index in [0.29, 0.717) is 12.2 Å². The molecule has 6 nitrogen and oxygen atoms in total. The van der Waals surface area contributed by atoms with Gasteiger partial charge in [0.05, 0.1) is 18.3 Å². The van der Waals surface area contributed by atoms with Crippen LogP contribution in [0.1, 0.15) is 34.5 Å². The number of nitrogens with zero attached hydrogens (tertiary/aromatic N) is 3. The number of hydrogen-bond donors (Lipinski definition) is 1. The van der Waals surface area contributed by atoms with Crippen LogP contribution in [-0.4, -0.2) is 27.3 Å². The minimum atomic E-state index is -0.288. The van der Waals surface area contributed by atoms with Crippen molar-refractivity contribution in [2.75, 3.05) is 6.61 Å². The van der Waals surface area contributed by atoms with Crippen molar-refractivity contribution in [3.8, 4) is 11.4 Å². The summed E-state index contributed by atoms with van der Waals surface area (Å²) in [5.41, 5.74) is 3.31. The van der Waals surface area contributed by atoms with Crippen LogP contribution in [0.2, 0.25) is 0 Å². The Morgan fingerprint density at radius 3 is 2.47 bits per heavy atom. The van der Waals surface area contributed by atoms with Crippen LogP contribution in [0, 0.1) is 0 Å². The van der Waals surface area contributed by atoms with Crippen molar-refractivity contribution >= 4 is 5.91 Å². The highest BCUT2D eigenvalue weighted by atomic mass is 16.5. The van der Waals surface area contributed by atoms with Gasteiger partial charge in [-0.15, -0.1) is 0 Å². The molecule has 30 heavy (non-hydrogen) atoms. The van der Waals surface area contributed by atoms with Gasteiger partial charge in [0, 0.05) is 5.56 Å². The first-order valence-corrected chi connectivity index (χ1v) is 9.78. The molecule has 0 bridgehead atoms. The fourth-order valence-electron chi connectivity index (χ4n) is 3.27. The van der Waals surface area contributed by atoms with Crippen LogP contribution in [0.5, 0.6) is 5.75 Å². The molecule has 1 N–H and O–H groups in total. The molecule has 1 heterocycles. The molecular formula is C24H22N4O2. The number of amides is 1. The zero-order chi connectivity index (χ0) is 20.8. The second-order valence-corrected chi connectivity index (χ2v) is 6.71. The summed E-state index contributed by atoms with van der Waals surface area (Å²) >= 11 is 0. The monoisotopic (exact) mass is 398 g/mol. The Hall–Kier alpha value is -3.93. The van der Waals surface area contributed by atoms with Crippen LogP contribution >= 0.6 is 0 Å². The average molecular weight is 398 g/mol. The van der Waals surface area contributed by atoms with Crippen molar-refractivity contribution in [3.05, 3.63) is 108 Å². The molecule has 1 aromatic heterocycles. The lowest BCUT2D eigenvalue weighted by atomic mass is 9.98. The number of nitrogens with one attached hydrogen (secondary N) is 1. The molecule has 150 valence electrons. The molecule has 0 saturated heterocycles. The lowest BCUT2D eigenvalue weighted by molar-refractivity contribution is 0.0943. The third-order valence-electron chi connectivity index (χ3n) is 4.72. The van der Waals surface area contributed by atoms with E-state index in [0.717, 1.165) is 22.6 Å². The summed E-state index contributed by atoms with van der Waals surface area (Å²) in [6.07, 6.45) is 3.06. The van der Waals surface area contributed by atoms with Gasteiger partial charge in [-0.05, 0) is 48.4 Å². The first kappa shape index (κ1) is 19.4. The van der Waals surface area contributed by atoms with E-state index in [4.69, 9.17) is 4.74 Å². The lowest BCUT2D eigenvalue weighted by Gasteiger charge is -2.20. The summed E-state index contributed by atoms with van der Waals surface area (Å²) in [4.78, 5) is 17.1. The number of benzene rings is 3. The van der Waals surface area contributed by atoms with Gasteiger partial charge in [-0.3, -0.25) is 4.79 Å². The molecule has 0 aliphatic rings. The fourth-order valence-corrected chi connectivity index (χ4v) is 3.27. The molecular weight excluding hydrogens is 376 g/mol.